The lowest BCUT2D eigenvalue weighted by atomic mass is 9.73. The van der Waals surface area contributed by atoms with Gasteiger partial charge in [0.15, 0.2) is 0 Å². The molecule has 1 aliphatic heterocycles. The highest BCUT2D eigenvalue weighted by atomic mass is 79.9. The standard InChI is InChI=1S/C14H16BrNO/c15-11-5-3-4-10(8-11)12-9-16-13(17)14(12)6-1-2-7-14/h3-5,8,12H,1-2,6-7,9H2,(H,16,17). The van der Waals surface area contributed by atoms with Crippen molar-refractivity contribution in [2.24, 2.45) is 5.41 Å². The zero-order valence-corrected chi connectivity index (χ0v) is 11.3. The Morgan fingerprint density at radius 2 is 2.06 bits per heavy atom. The Hall–Kier alpha value is -0.830. The van der Waals surface area contributed by atoms with E-state index in [4.69, 9.17) is 0 Å². The molecule has 1 saturated heterocycles. The molecule has 1 saturated carbocycles. The van der Waals surface area contributed by atoms with Crippen LogP contribution >= 0.6 is 15.9 Å². The van der Waals surface area contributed by atoms with Gasteiger partial charge in [-0.2, -0.15) is 0 Å². The minimum absolute atomic E-state index is 0.110. The van der Waals surface area contributed by atoms with Crippen molar-refractivity contribution < 1.29 is 4.79 Å². The lowest BCUT2D eigenvalue weighted by Crippen LogP contribution is -2.31. The fourth-order valence-corrected chi connectivity index (χ4v) is 3.88. The van der Waals surface area contributed by atoms with Crippen molar-refractivity contribution >= 4 is 21.8 Å². The molecule has 0 radical (unpaired) electrons. The topological polar surface area (TPSA) is 29.1 Å². The van der Waals surface area contributed by atoms with Crippen LogP contribution in [0, 0.1) is 5.41 Å². The molecule has 1 atom stereocenters. The largest absolute Gasteiger partial charge is 0.355 e. The summed E-state index contributed by atoms with van der Waals surface area (Å²) in [5, 5.41) is 3.07. The van der Waals surface area contributed by atoms with Gasteiger partial charge in [-0.25, -0.2) is 0 Å². The summed E-state index contributed by atoms with van der Waals surface area (Å²) in [4.78, 5) is 12.1. The van der Waals surface area contributed by atoms with E-state index in [0.717, 1.165) is 23.9 Å². The molecule has 1 unspecified atom stereocenters. The molecule has 0 aromatic heterocycles. The molecule has 1 heterocycles. The fraction of sp³-hybridized carbons (Fsp3) is 0.500. The van der Waals surface area contributed by atoms with Gasteiger partial charge in [-0.3, -0.25) is 4.79 Å². The van der Waals surface area contributed by atoms with E-state index >= 15 is 0 Å². The van der Waals surface area contributed by atoms with Gasteiger partial charge in [0.05, 0.1) is 5.41 Å². The number of hydrogen-bond acceptors (Lipinski definition) is 1. The monoisotopic (exact) mass is 293 g/mol. The SMILES string of the molecule is O=C1NCC(c2cccc(Br)c2)C12CCCC2. The van der Waals surface area contributed by atoms with Crippen LogP contribution in [0.4, 0.5) is 0 Å². The van der Waals surface area contributed by atoms with Crippen molar-refractivity contribution in [1.82, 2.24) is 5.32 Å². The maximum atomic E-state index is 12.1. The van der Waals surface area contributed by atoms with Crippen LogP contribution in [-0.4, -0.2) is 12.5 Å². The predicted molar refractivity (Wildman–Crippen MR) is 70.8 cm³/mol. The number of carbonyl (C=O) groups is 1. The van der Waals surface area contributed by atoms with Crippen molar-refractivity contribution in [2.75, 3.05) is 6.54 Å². The van der Waals surface area contributed by atoms with Crippen molar-refractivity contribution in [2.45, 2.75) is 31.6 Å². The van der Waals surface area contributed by atoms with Crippen LogP contribution in [-0.2, 0) is 4.79 Å². The zero-order chi connectivity index (χ0) is 11.9. The second-order valence-corrected chi connectivity index (χ2v) is 6.10. The summed E-state index contributed by atoms with van der Waals surface area (Å²) in [6.07, 6.45) is 4.49. The first kappa shape index (κ1) is 11.3. The number of benzene rings is 1. The molecule has 1 amide bonds. The van der Waals surface area contributed by atoms with E-state index in [1.807, 2.05) is 6.07 Å². The quantitative estimate of drug-likeness (QED) is 0.846. The molecule has 1 aromatic carbocycles. The van der Waals surface area contributed by atoms with Crippen LogP contribution in [0.5, 0.6) is 0 Å². The van der Waals surface area contributed by atoms with Gasteiger partial charge >= 0.3 is 0 Å². The Balaban J connectivity index is 2.00. The average molecular weight is 294 g/mol. The van der Waals surface area contributed by atoms with Crippen LogP contribution in [0.25, 0.3) is 0 Å². The molecule has 1 N–H and O–H groups in total. The number of rotatable bonds is 1. The Bertz CT molecular complexity index is 451. The highest BCUT2D eigenvalue weighted by Gasteiger charge is 2.51. The minimum Gasteiger partial charge on any atom is -0.355 e. The molecule has 1 aliphatic carbocycles. The molecule has 0 bridgehead atoms. The Morgan fingerprint density at radius 3 is 2.76 bits per heavy atom. The van der Waals surface area contributed by atoms with Gasteiger partial charge in [0.2, 0.25) is 5.91 Å². The molecule has 1 spiro atoms. The van der Waals surface area contributed by atoms with Gasteiger partial charge in [-0.05, 0) is 30.5 Å². The zero-order valence-electron chi connectivity index (χ0n) is 9.71. The van der Waals surface area contributed by atoms with Gasteiger partial charge in [0, 0.05) is 16.9 Å². The number of carbonyl (C=O) groups excluding carboxylic acids is 1. The van der Waals surface area contributed by atoms with Crippen LogP contribution < -0.4 is 5.32 Å². The van der Waals surface area contributed by atoms with Crippen molar-refractivity contribution in [3.8, 4) is 0 Å². The van der Waals surface area contributed by atoms with Gasteiger partial charge in [0.25, 0.3) is 0 Å². The third kappa shape index (κ3) is 1.71. The lowest BCUT2D eigenvalue weighted by molar-refractivity contribution is -0.127. The minimum atomic E-state index is -0.110. The van der Waals surface area contributed by atoms with Gasteiger partial charge in [0.1, 0.15) is 0 Å². The summed E-state index contributed by atoms with van der Waals surface area (Å²) in [5.41, 5.74) is 1.18. The normalized spacial score (nSPS) is 26.4. The fourth-order valence-electron chi connectivity index (χ4n) is 3.47. The van der Waals surface area contributed by atoms with E-state index in [2.05, 4.69) is 39.4 Å². The Labute approximate surface area is 110 Å². The van der Waals surface area contributed by atoms with Crippen LogP contribution in [0.15, 0.2) is 28.7 Å². The summed E-state index contributed by atoms with van der Waals surface area (Å²) in [5.74, 6) is 0.634. The number of halogens is 1. The predicted octanol–water partition coefficient (Wildman–Crippen LogP) is 3.22. The average Bonchev–Trinajstić information content (AvgIpc) is 2.90. The van der Waals surface area contributed by atoms with E-state index in [0.29, 0.717) is 5.92 Å². The molecule has 1 aromatic rings. The van der Waals surface area contributed by atoms with Crippen molar-refractivity contribution in [3.63, 3.8) is 0 Å². The first-order valence-electron chi connectivity index (χ1n) is 6.26. The maximum absolute atomic E-state index is 12.1. The van der Waals surface area contributed by atoms with E-state index in [-0.39, 0.29) is 11.3 Å². The third-order valence-corrected chi connectivity index (χ3v) is 4.83. The van der Waals surface area contributed by atoms with E-state index < -0.39 is 0 Å². The van der Waals surface area contributed by atoms with Gasteiger partial charge in [-0.1, -0.05) is 40.9 Å². The maximum Gasteiger partial charge on any atom is 0.226 e. The van der Waals surface area contributed by atoms with E-state index in [9.17, 15) is 4.79 Å². The van der Waals surface area contributed by atoms with Gasteiger partial charge in [-0.15, -0.1) is 0 Å². The molecule has 2 aliphatic rings. The smallest absolute Gasteiger partial charge is 0.226 e. The second-order valence-electron chi connectivity index (χ2n) is 5.18. The molecule has 3 rings (SSSR count). The summed E-state index contributed by atoms with van der Waals surface area (Å²) < 4.78 is 1.10. The lowest BCUT2D eigenvalue weighted by Gasteiger charge is -2.28. The Morgan fingerprint density at radius 1 is 1.29 bits per heavy atom. The van der Waals surface area contributed by atoms with E-state index in [1.54, 1.807) is 0 Å². The van der Waals surface area contributed by atoms with E-state index in [1.165, 1.54) is 18.4 Å². The summed E-state index contributed by atoms with van der Waals surface area (Å²) >= 11 is 3.52. The van der Waals surface area contributed by atoms with Crippen LogP contribution in [0.1, 0.15) is 37.2 Å². The first-order valence-corrected chi connectivity index (χ1v) is 7.05. The molecule has 2 fully saturated rings. The van der Waals surface area contributed by atoms with Gasteiger partial charge < -0.3 is 5.32 Å². The third-order valence-electron chi connectivity index (χ3n) is 4.33. The summed E-state index contributed by atoms with van der Waals surface area (Å²) in [7, 11) is 0. The van der Waals surface area contributed by atoms with Crippen molar-refractivity contribution in [3.05, 3.63) is 34.3 Å². The molecular formula is C14H16BrNO. The van der Waals surface area contributed by atoms with Crippen LogP contribution in [0.3, 0.4) is 0 Å². The van der Waals surface area contributed by atoms with Crippen LogP contribution in [0.2, 0.25) is 0 Å². The number of hydrogen-bond donors (Lipinski definition) is 1. The molecular weight excluding hydrogens is 278 g/mol. The highest BCUT2D eigenvalue weighted by molar-refractivity contribution is 9.10. The number of nitrogens with one attached hydrogen (secondary N) is 1. The first-order chi connectivity index (χ1) is 8.22. The molecule has 17 heavy (non-hydrogen) atoms. The molecule has 90 valence electrons. The number of amides is 1. The summed E-state index contributed by atoms with van der Waals surface area (Å²) in [6.45, 7) is 0.801. The molecule has 2 nitrogen and oxygen atoms in total. The second kappa shape index (κ2) is 4.13. The van der Waals surface area contributed by atoms with Crippen molar-refractivity contribution in [1.29, 1.82) is 0 Å². The highest BCUT2D eigenvalue weighted by Crippen LogP contribution is 2.51. The summed E-state index contributed by atoms with van der Waals surface area (Å²) in [6, 6.07) is 8.40. The molecule has 3 heteroatoms. The Kier molecular flexibility index (Phi) is 2.74.